The Morgan fingerprint density at radius 3 is 2.62 bits per heavy atom. The van der Waals surface area contributed by atoms with Crippen LogP contribution in [0.4, 0.5) is 13.2 Å². The highest BCUT2D eigenvalue weighted by molar-refractivity contribution is 7.58. The Labute approximate surface area is 203 Å². The first kappa shape index (κ1) is 25.9. The van der Waals surface area contributed by atoms with E-state index in [1.165, 1.54) is 44.1 Å². The molecule has 0 radical (unpaired) electrons. The minimum absolute atomic E-state index is 0.0414. The molecular formula is C26H40F3N3OP+. The third kappa shape index (κ3) is 6.32. The fourth-order valence-corrected chi connectivity index (χ4v) is 10.5. The van der Waals surface area contributed by atoms with Gasteiger partial charge in [0, 0.05) is 26.8 Å². The van der Waals surface area contributed by atoms with E-state index in [4.69, 9.17) is 0 Å². The van der Waals surface area contributed by atoms with Gasteiger partial charge in [0.05, 0.1) is 18.0 Å². The first-order valence-corrected chi connectivity index (χ1v) is 15.2. The predicted octanol–water partition coefficient (Wildman–Crippen LogP) is 5.84. The van der Waals surface area contributed by atoms with Gasteiger partial charge >= 0.3 is 6.18 Å². The molecule has 4 rings (SSSR count). The van der Waals surface area contributed by atoms with Gasteiger partial charge in [0.2, 0.25) is 5.91 Å². The summed E-state index contributed by atoms with van der Waals surface area (Å²) in [5.74, 6) is 2.84. The maximum atomic E-state index is 13.3. The highest BCUT2D eigenvalue weighted by atomic mass is 31.1. The van der Waals surface area contributed by atoms with Crippen LogP contribution >= 0.6 is 7.92 Å². The van der Waals surface area contributed by atoms with Crippen LogP contribution in [0.5, 0.6) is 0 Å². The number of amides is 1. The molecule has 4 heterocycles. The molecule has 0 aliphatic carbocycles. The molecule has 0 aromatic carbocycles. The van der Waals surface area contributed by atoms with Gasteiger partial charge in [-0.3, -0.25) is 9.69 Å². The summed E-state index contributed by atoms with van der Waals surface area (Å²) in [7, 11) is -0.498. The molecule has 1 aromatic heterocycles. The third-order valence-corrected chi connectivity index (χ3v) is 12.1. The highest BCUT2D eigenvalue weighted by Crippen LogP contribution is 2.55. The summed E-state index contributed by atoms with van der Waals surface area (Å²) >= 11 is 0. The van der Waals surface area contributed by atoms with Crippen LogP contribution in [-0.2, 0) is 17.5 Å². The number of piperidine rings is 1. The number of hydrogen-bond acceptors (Lipinski definition) is 3. The van der Waals surface area contributed by atoms with E-state index < -0.39 is 19.8 Å². The highest BCUT2D eigenvalue weighted by Gasteiger charge is 2.44. The number of nitrogens with one attached hydrogen (secondary N) is 1. The van der Waals surface area contributed by atoms with Crippen LogP contribution in [-0.4, -0.2) is 47.0 Å². The lowest BCUT2D eigenvalue weighted by Crippen LogP contribution is -2.46. The normalized spacial score (nSPS) is 29.6. The van der Waals surface area contributed by atoms with E-state index in [0.717, 1.165) is 50.3 Å². The summed E-state index contributed by atoms with van der Waals surface area (Å²) in [5.41, 5.74) is -0.377. The molecule has 0 saturated carbocycles. The Bertz CT molecular complexity index is 828. The van der Waals surface area contributed by atoms with Crippen LogP contribution in [0.2, 0.25) is 0 Å². The van der Waals surface area contributed by atoms with Crippen molar-refractivity contribution in [3.8, 4) is 0 Å². The molecule has 0 spiro atoms. The van der Waals surface area contributed by atoms with E-state index in [1.54, 1.807) is 6.07 Å². The fourth-order valence-electron chi connectivity index (χ4n) is 6.54. The molecule has 1 aromatic rings. The zero-order chi connectivity index (χ0) is 24.3. The van der Waals surface area contributed by atoms with Gasteiger partial charge in [-0.15, -0.1) is 0 Å². The lowest BCUT2D eigenvalue weighted by Gasteiger charge is -2.40. The molecule has 8 heteroatoms. The number of hydrogen-bond donors (Lipinski definition) is 1. The van der Waals surface area contributed by atoms with Gasteiger partial charge in [0.1, 0.15) is 11.5 Å². The van der Waals surface area contributed by atoms with E-state index in [9.17, 15) is 18.0 Å². The summed E-state index contributed by atoms with van der Waals surface area (Å²) < 4.78 is 38.9. The van der Waals surface area contributed by atoms with Crippen LogP contribution in [0, 0.1) is 23.7 Å². The number of alkyl halides is 3. The lowest BCUT2D eigenvalue weighted by molar-refractivity contribution is -0.141. The smallest absolute Gasteiger partial charge is 0.321 e. The van der Waals surface area contributed by atoms with Crippen molar-refractivity contribution in [1.82, 2.24) is 15.2 Å². The monoisotopic (exact) mass is 498 g/mol. The zero-order valence-corrected chi connectivity index (χ0v) is 21.5. The van der Waals surface area contributed by atoms with E-state index in [0.29, 0.717) is 23.9 Å². The van der Waals surface area contributed by atoms with Gasteiger partial charge in [-0.2, -0.15) is 13.2 Å². The van der Waals surface area contributed by atoms with Crippen LogP contribution in [0.1, 0.15) is 70.2 Å². The number of rotatable bonds is 7. The van der Waals surface area contributed by atoms with E-state index in [1.807, 2.05) is 0 Å². The lowest BCUT2D eigenvalue weighted by atomic mass is 9.82. The molecule has 2 bridgehead atoms. The van der Waals surface area contributed by atoms with Crippen LogP contribution in [0.25, 0.3) is 0 Å². The van der Waals surface area contributed by atoms with Crippen LogP contribution in [0.15, 0.2) is 18.2 Å². The predicted molar refractivity (Wildman–Crippen MR) is 132 cm³/mol. The van der Waals surface area contributed by atoms with Gasteiger partial charge in [0.15, 0.2) is 0 Å². The van der Waals surface area contributed by atoms with Crippen LogP contribution < -0.4 is 5.32 Å². The van der Waals surface area contributed by atoms with E-state index in [2.05, 4.69) is 29.0 Å². The van der Waals surface area contributed by atoms with Crippen molar-refractivity contribution < 1.29 is 18.0 Å². The number of nitrogens with zero attached hydrogens (tertiary/aromatic N) is 2. The molecule has 34 heavy (non-hydrogen) atoms. The quantitative estimate of drug-likeness (QED) is 0.481. The summed E-state index contributed by atoms with van der Waals surface area (Å²) in [4.78, 5) is 19.3. The Kier molecular flexibility index (Phi) is 8.56. The molecule has 3 fully saturated rings. The van der Waals surface area contributed by atoms with Crippen LogP contribution in [0.3, 0.4) is 0 Å². The van der Waals surface area contributed by atoms with Crippen molar-refractivity contribution in [3.63, 3.8) is 0 Å². The number of carbonyl (C=O) groups is 1. The molecular weight excluding hydrogens is 458 g/mol. The summed E-state index contributed by atoms with van der Waals surface area (Å²) in [6.07, 6.45) is 6.11. The van der Waals surface area contributed by atoms with Crippen molar-refractivity contribution in [2.75, 3.05) is 25.4 Å². The minimum Gasteiger partial charge on any atom is -0.321 e. The fraction of sp³-hybridized carbons (Fsp3) is 0.769. The second-order valence-electron chi connectivity index (χ2n) is 10.7. The Morgan fingerprint density at radius 1 is 1.18 bits per heavy atom. The minimum atomic E-state index is -4.42. The molecule has 4 nitrogen and oxygen atoms in total. The Hall–Kier alpha value is -1.20. The van der Waals surface area contributed by atoms with Gasteiger partial charge in [-0.25, -0.2) is 4.98 Å². The molecule has 5 unspecified atom stereocenters. The zero-order valence-electron chi connectivity index (χ0n) is 20.5. The second-order valence-corrected chi connectivity index (χ2v) is 13.6. The first-order valence-electron chi connectivity index (χ1n) is 13.2. The maximum Gasteiger partial charge on any atom is 0.433 e. The number of pyridine rings is 1. The molecule has 1 amide bonds. The van der Waals surface area contributed by atoms with Gasteiger partial charge < -0.3 is 5.32 Å². The van der Waals surface area contributed by atoms with E-state index in [-0.39, 0.29) is 11.8 Å². The molecule has 5 atom stereocenters. The average molecular weight is 499 g/mol. The topological polar surface area (TPSA) is 45.2 Å². The second kappa shape index (κ2) is 11.2. The van der Waals surface area contributed by atoms with Crippen molar-refractivity contribution in [1.29, 1.82) is 0 Å². The summed E-state index contributed by atoms with van der Waals surface area (Å²) in [6, 6.07) is 4.11. The SMILES string of the molecule is CCC1CC2CCC(NC(=O)C(CC)C3CCN(Cc4cccc(C(F)(F)F)n4)CC3)[PH+](C1)C2. The maximum absolute atomic E-state index is 13.3. The molecule has 3 aliphatic rings. The van der Waals surface area contributed by atoms with Crippen molar-refractivity contribution in [2.45, 2.75) is 77.3 Å². The largest absolute Gasteiger partial charge is 0.433 e. The molecule has 3 saturated heterocycles. The number of fused-ring (bicyclic) bond motifs is 2. The van der Waals surface area contributed by atoms with Gasteiger partial charge in [-0.05, 0) is 81.5 Å². The van der Waals surface area contributed by atoms with Gasteiger partial charge in [-0.1, -0.05) is 19.9 Å². The van der Waals surface area contributed by atoms with E-state index >= 15 is 0 Å². The summed E-state index contributed by atoms with van der Waals surface area (Å²) in [5, 5.41) is 3.51. The van der Waals surface area contributed by atoms with Crippen molar-refractivity contribution >= 4 is 13.8 Å². The number of likely N-dealkylation sites (tertiary alicyclic amines) is 1. The Morgan fingerprint density at radius 2 is 1.94 bits per heavy atom. The molecule has 190 valence electrons. The van der Waals surface area contributed by atoms with Crippen molar-refractivity contribution in [2.24, 2.45) is 23.7 Å². The molecule has 1 N–H and O–H groups in total. The first-order chi connectivity index (χ1) is 16.3. The van der Waals surface area contributed by atoms with Gasteiger partial charge in [0.25, 0.3) is 0 Å². The number of halogens is 3. The number of aromatic nitrogens is 1. The molecule has 3 aliphatic heterocycles. The average Bonchev–Trinajstić information content (AvgIpc) is 2.82. The standard InChI is InChI=1S/C26H39F3N3OP/c1-3-18-14-19-8-9-24(34(16-18)17-19)31-25(33)22(4-2)20-10-12-32(13-11-20)15-21-6-5-7-23(30-21)26(27,28)29/h5-7,18-20,22,24H,3-4,8-17H2,1-2H3,(H,31,33)/p+1. The Balaban J connectivity index is 1.28. The van der Waals surface area contributed by atoms with Crippen molar-refractivity contribution in [3.05, 3.63) is 29.6 Å². The number of carbonyl (C=O) groups excluding carboxylic acids is 1. The summed E-state index contributed by atoms with van der Waals surface area (Å²) in [6.45, 7) is 6.44. The third-order valence-electron chi connectivity index (χ3n) is 8.48.